The second-order valence-corrected chi connectivity index (χ2v) is 5.40. The number of aryl methyl sites for hydroxylation is 1. The summed E-state index contributed by atoms with van der Waals surface area (Å²) in [6.45, 7) is 7.24. The van der Waals surface area contributed by atoms with E-state index in [1.165, 1.54) is 5.56 Å². The molecule has 1 atom stereocenters. The fourth-order valence-corrected chi connectivity index (χ4v) is 2.71. The van der Waals surface area contributed by atoms with Gasteiger partial charge in [0.1, 0.15) is 0 Å². The van der Waals surface area contributed by atoms with Gasteiger partial charge in [0.25, 0.3) is 0 Å². The highest BCUT2D eigenvalue weighted by Gasteiger charge is 2.61. The van der Waals surface area contributed by atoms with Crippen molar-refractivity contribution in [2.75, 3.05) is 13.7 Å². The average Bonchev–Trinajstić information content (AvgIpc) is 2.82. The molecule has 1 aliphatic carbocycles. The molecule has 1 saturated carbocycles. The van der Waals surface area contributed by atoms with E-state index in [-0.39, 0.29) is 5.41 Å². The van der Waals surface area contributed by atoms with E-state index in [2.05, 4.69) is 24.9 Å². The minimum atomic E-state index is 0.122. The number of nitrogens with two attached hydrogens (primary N) is 1. The Morgan fingerprint density at radius 1 is 1.50 bits per heavy atom. The summed E-state index contributed by atoms with van der Waals surface area (Å²) in [4.78, 5) is 4.34. The van der Waals surface area contributed by atoms with Gasteiger partial charge in [0.2, 0.25) is 5.88 Å². The molecule has 16 heavy (non-hydrogen) atoms. The van der Waals surface area contributed by atoms with Gasteiger partial charge in [-0.3, -0.25) is 0 Å². The molecule has 0 bridgehead atoms. The van der Waals surface area contributed by atoms with E-state index in [9.17, 15) is 0 Å². The first-order valence-electron chi connectivity index (χ1n) is 5.68. The number of nitrogens with zero attached hydrogens (tertiary/aromatic N) is 1. The van der Waals surface area contributed by atoms with Gasteiger partial charge >= 0.3 is 0 Å². The summed E-state index contributed by atoms with van der Waals surface area (Å²) in [5.74, 6) is 0.703. The van der Waals surface area contributed by atoms with Crippen LogP contribution in [-0.4, -0.2) is 18.6 Å². The molecule has 0 saturated heterocycles. The first kappa shape index (κ1) is 11.4. The van der Waals surface area contributed by atoms with Gasteiger partial charge in [-0.05, 0) is 30.4 Å². The molecule has 1 aromatic heterocycles. The van der Waals surface area contributed by atoms with Crippen molar-refractivity contribution in [3.63, 3.8) is 0 Å². The van der Waals surface area contributed by atoms with Gasteiger partial charge < -0.3 is 10.5 Å². The van der Waals surface area contributed by atoms with E-state index in [1.807, 2.05) is 13.1 Å². The number of rotatable bonds is 3. The number of hydrogen-bond acceptors (Lipinski definition) is 3. The topological polar surface area (TPSA) is 48.1 Å². The smallest absolute Gasteiger partial charge is 0.215 e. The molecule has 1 unspecified atom stereocenters. The third-order valence-corrected chi connectivity index (χ3v) is 4.04. The van der Waals surface area contributed by atoms with Crippen LogP contribution >= 0.6 is 0 Å². The van der Waals surface area contributed by atoms with E-state index in [0.717, 1.165) is 12.0 Å². The first-order chi connectivity index (χ1) is 7.47. The summed E-state index contributed by atoms with van der Waals surface area (Å²) in [6, 6.07) is 2.16. The zero-order valence-electron chi connectivity index (χ0n) is 10.5. The van der Waals surface area contributed by atoms with Gasteiger partial charge in [0.15, 0.2) is 0 Å². The lowest BCUT2D eigenvalue weighted by Gasteiger charge is -2.19. The number of ether oxygens (including phenoxy) is 1. The molecule has 2 N–H and O–H groups in total. The van der Waals surface area contributed by atoms with E-state index in [1.54, 1.807) is 7.11 Å². The Labute approximate surface area is 97.0 Å². The van der Waals surface area contributed by atoms with Gasteiger partial charge in [-0.25, -0.2) is 4.98 Å². The number of methoxy groups -OCH3 is 1. The quantitative estimate of drug-likeness (QED) is 0.847. The Balaban J connectivity index is 2.39. The predicted octanol–water partition coefficient (Wildman–Crippen LogP) is 2.03. The first-order valence-corrected chi connectivity index (χ1v) is 5.68. The normalized spacial score (nSPS) is 26.6. The maximum atomic E-state index is 5.94. The van der Waals surface area contributed by atoms with Crippen molar-refractivity contribution in [3.05, 3.63) is 23.4 Å². The maximum Gasteiger partial charge on any atom is 0.215 e. The van der Waals surface area contributed by atoms with Crippen LogP contribution in [0.3, 0.4) is 0 Å². The van der Waals surface area contributed by atoms with Crippen LogP contribution in [0.15, 0.2) is 12.3 Å². The largest absolute Gasteiger partial charge is 0.481 e. The highest BCUT2D eigenvalue weighted by Crippen LogP contribution is 2.63. The van der Waals surface area contributed by atoms with Crippen LogP contribution in [0.4, 0.5) is 0 Å². The Kier molecular flexibility index (Phi) is 2.46. The summed E-state index contributed by atoms with van der Waals surface area (Å²) in [7, 11) is 1.65. The van der Waals surface area contributed by atoms with E-state index < -0.39 is 0 Å². The lowest BCUT2D eigenvalue weighted by atomic mass is 9.88. The third-order valence-electron chi connectivity index (χ3n) is 4.04. The predicted molar refractivity (Wildman–Crippen MR) is 64.7 cm³/mol. The lowest BCUT2D eigenvalue weighted by Crippen LogP contribution is -2.25. The van der Waals surface area contributed by atoms with Gasteiger partial charge in [-0.2, -0.15) is 0 Å². The summed E-state index contributed by atoms with van der Waals surface area (Å²) < 4.78 is 5.18. The molecule has 1 aromatic rings. The minimum Gasteiger partial charge on any atom is -0.481 e. The van der Waals surface area contributed by atoms with Gasteiger partial charge in [-0.15, -0.1) is 0 Å². The fraction of sp³-hybridized carbons (Fsp3) is 0.615. The Hall–Kier alpha value is -1.09. The molecule has 0 radical (unpaired) electrons. The van der Waals surface area contributed by atoms with E-state index >= 15 is 0 Å². The Morgan fingerprint density at radius 3 is 2.50 bits per heavy atom. The maximum absolute atomic E-state index is 5.94. The molecule has 0 aromatic carbocycles. The third kappa shape index (κ3) is 1.42. The summed E-state index contributed by atoms with van der Waals surface area (Å²) in [6.07, 6.45) is 3.05. The summed E-state index contributed by atoms with van der Waals surface area (Å²) in [5, 5.41) is 0. The molecule has 88 valence electrons. The minimum absolute atomic E-state index is 0.122. The molecule has 1 aliphatic rings. The molecule has 0 aliphatic heterocycles. The molecule has 2 rings (SSSR count). The van der Waals surface area contributed by atoms with Crippen molar-refractivity contribution in [3.8, 4) is 5.88 Å². The number of hydrogen-bond donors (Lipinski definition) is 1. The Morgan fingerprint density at radius 2 is 2.12 bits per heavy atom. The highest BCUT2D eigenvalue weighted by atomic mass is 16.5. The standard InChI is InChI=1S/C13H20N2O/c1-9-5-10(6-15-11(9)16-4)13(8-14)7-12(13,2)3/h5-6H,7-8,14H2,1-4H3. The van der Waals surface area contributed by atoms with Crippen molar-refractivity contribution in [2.45, 2.75) is 32.6 Å². The average molecular weight is 220 g/mol. The lowest BCUT2D eigenvalue weighted by molar-refractivity contribution is 0.393. The number of pyridine rings is 1. The number of aromatic nitrogens is 1. The SMILES string of the molecule is COc1ncc(C2(CN)CC2(C)C)cc1C. The summed E-state index contributed by atoms with van der Waals surface area (Å²) >= 11 is 0. The molecule has 0 amide bonds. The van der Waals surface area contributed by atoms with E-state index in [4.69, 9.17) is 10.5 Å². The monoisotopic (exact) mass is 220 g/mol. The Bertz CT molecular complexity index is 414. The molecular weight excluding hydrogens is 200 g/mol. The van der Waals surface area contributed by atoms with Crippen LogP contribution in [-0.2, 0) is 5.41 Å². The van der Waals surface area contributed by atoms with Crippen molar-refractivity contribution in [2.24, 2.45) is 11.1 Å². The molecule has 3 heteroatoms. The molecular formula is C13H20N2O. The van der Waals surface area contributed by atoms with Crippen LogP contribution in [0.5, 0.6) is 5.88 Å². The molecule has 3 nitrogen and oxygen atoms in total. The van der Waals surface area contributed by atoms with Crippen molar-refractivity contribution < 1.29 is 4.74 Å². The van der Waals surface area contributed by atoms with Crippen molar-refractivity contribution in [1.29, 1.82) is 0 Å². The zero-order chi connectivity index (χ0) is 12.0. The van der Waals surface area contributed by atoms with Crippen LogP contribution in [0, 0.1) is 12.3 Å². The van der Waals surface area contributed by atoms with Crippen LogP contribution < -0.4 is 10.5 Å². The van der Waals surface area contributed by atoms with Crippen molar-refractivity contribution >= 4 is 0 Å². The van der Waals surface area contributed by atoms with Gasteiger partial charge in [0, 0.05) is 23.7 Å². The fourth-order valence-electron chi connectivity index (χ4n) is 2.71. The summed E-state index contributed by atoms with van der Waals surface area (Å²) in [5.41, 5.74) is 8.68. The molecule has 1 heterocycles. The van der Waals surface area contributed by atoms with Gasteiger partial charge in [-0.1, -0.05) is 13.8 Å². The van der Waals surface area contributed by atoms with Crippen molar-refractivity contribution in [1.82, 2.24) is 4.98 Å². The van der Waals surface area contributed by atoms with Crippen LogP contribution in [0.25, 0.3) is 0 Å². The highest BCUT2D eigenvalue weighted by molar-refractivity contribution is 5.40. The second kappa shape index (κ2) is 3.45. The van der Waals surface area contributed by atoms with Crippen LogP contribution in [0.1, 0.15) is 31.4 Å². The van der Waals surface area contributed by atoms with Gasteiger partial charge in [0.05, 0.1) is 7.11 Å². The molecule has 1 fully saturated rings. The molecule has 0 spiro atoms. The second-order valence-electron chi connectivity index (χ2n) is 5.40. The zero-order valence-corrected chi connectivity index (χ0v) is 10.5. The van der Waals surface area contributed by atoms with E-state index in [0.29, 0.717) is 17.8 Å². The van der Waals surface area contributed by atoms with Crippen LogP contribution in [0.2, 0.25) is 0 Å².